The van der Waals surface area contributed by atoms with Gasteiger partial charge in [0.25, 0.3) is 0 Å². The van der Waals surface area contributed by atoms with E-state index in [1.54, 1.807) is 22.9 Å². The molecule has 192 valence electrons. The number of aromatic nitrogens is 3. The van der Waals surface area contributed by atoms with E-state index in [2.05, 4.69) is 15.3 Å². The molecule has 1 aliphatic carbocycles. The van der Waals surface area contributed by atoms with Crippen molar-refractivity contribution in [2.75, 3.05) is 12.4 Å². The fourth-order valence-corrected chi connectivity index (χ4v) is 4.96. The van der Waals surface area contributed by atoms with Crippen molar-refractivity contribution in [3.8, 4) is 0 Å². The Morgan fingerprint density at radius 1 is 1.33 bits per heavy atom. The van der Waals surface area contributed by atoms with Crippen molar-refractivity contribution in [2.45, 2.75) is 37.4 Å². The molecule has 14 heteroatoms. The molecule has 1 saturated carbocycles. The lowest BCUT2D eigenvalue weighted by Crippen LogP contribution is -2.35. The molecular formula is C22H22Cl2FN5O5S. The minimum atomic E-state index is -4.15. The number of ketones is 1. The van der Waals surface area contributed by atoms with E-state index in [-0.39, 0.29) is 23.4 Å². The molecule has 1 aliphatic rings. The third kappa shape index (κ3) is 5.85. The van der Waals surface area contributed by atoms with Crippen LogP contribution in [0.1, 0.15) is 27.9 Å². The van der Waals surface area contributed by atoms with Gasteiger partial charge in [0, 0.05) is 43.0 Å². The number of aliphatic hydroxyl groups is 1. The van der Waals surface area contributed by atoms with E-state index in [9.17, 15) is 22.7 Å². The van der Waals surface area contributed by atoms with Crippen LogP contribution in [-0.4, -0.2) is 65.3 Å². The third-order valence-electron chi connectivity index (χ3n) is 5.71. The molecule has 1 aromatic carbocycles. The Morgan fingerprint density at radius 2 is 2.11 bits per heavy atom. The number of hydrogen-bond donors (Lipinski definition) is 3. The SMILES string of the molecule is CNS(=O)(=O)O[C@@H]1C[C@@H](Nc2ncncc2C(=O)c2cc(Cl)n(Cc3cccc(Cl)c3)c2)[C@@H](F)[C@@H]1O. The van der Waals surface area contributed by atoms with Crippen LogP contribution < -0.4 is 10.0 Å². The van der Waals surface area contributed by atoms with Gasteiger partial charge in [-0.3, -0.25) is 8.98 Å². The molecule has 0 radical (unpaired) electrons. The number of carbonyl (C=O) groups excluding carboxylic acids is 1. The first kappa shape index (κ1) is 26.5. The Balaban J connectivity index is 1.53. The highest BCUT2D eigenvalue weighted by Gasteiger charge is 2.46. The van der Waals surface area contributed by atoms with Crippen LogP contribution in [0, 0.1) is 0 Å². The van der Waals surface area contributed by atoms with Crippen LogP contribution in [0.5, 0.6) is 0 Å². The predicted octanol–water partition coefficient (Wildman–Crippen LogP) is 2.60. The van der Waals surface area contributed by atoms with Gasteiger partial charge in [-0.2, -0.15) is 13.1 Å². The Morgan fingerprint density at radius 3 is 2.83 bits per heavy atom. The standard InChI is InChI=1S/C22H22Cl2FN5O5S/c1-26-36(33,34)35-17-7-16(19(25)21(17)32)29-22-15(8-27-11-28-22)20(31)13-6-18(24)30(10-13)9-12-3-2-4-14(23)5-12/h2-6,8,10-11,16-17,19,21,26,32H,7,9H2,1H3,(H,27,28,29)/t16-,17-,19-,21-/m1/s1. The van der Waals surface area contributed by atoms with E-state index >= 15 is 0 Å². The number of hydrogen-bond acceptors (Lipinski definition) is 8. The minimum Gasteiger partial charge on any atom is -0.387 e. The van der Waals surface area contributed by atoms with Gasteiger partial charge in [-0.05, 0) is 23.8 Å². The highest BCUT2D eigenvalue weighted by Crippen LogP contribution is 2.30. The molecule has 2 heterocycles. The number of nitrogens with one attached hydrogen (secondary N) is 2. The summed E-state index contributed by atoms with van der Waals surface area (Å²) in [6.45, 7) is 0.378. The molecule has 0 bridgehead atoms. The summed E-state index contributed by atoms with van der Waals surface area (Å²) in [4.78, 5) is 21.2. The second kappa shape index (κ2) is 10.8. The number of benzene rings is 1. The van der Waals surface area contributed by atoms with Crippen molar-refractivity contribution in [1.29, 1.82) is 0 Å². The average molecular weight is 558 g/mol. The monoisotopic (exact) mass is 557 g/mol. The largest absolute Gasteiger partial charge is 0.387 e. The molecule has 3 N–H and O–H groups in total. The quantitative estimate of drug-likeness (QED) is 0.341. The minimum absolute atomic E-state index is 0.0192. The second-order valence-electron chi connectivity index (χ2n) is 8.14. The molecule has 0 amide bonds. The lowest BCUT2D eigenvalue weighted by atomic mass is 10.1. The normalized spacial score (nSPS) is 22.0. The van der Waals surface area contributed by atoms with E-state index in [0.29, 0.717) is 16.7 Å². The van der Waals surface area contributed by atoms with Crippen molar-refractivity contribution in [1.82, 2.24) is 19.3 Å². The Bertz CT molecular complexity index is 1370. The number of anilines is 1. The summed E-state index contributed by atoms with van der Waals surface area (Å²) in [6.07, 6.45) is -1.07. The van der Waals surface area contributed by atoms with E-state index in [4.69, 9.17) is 27.4 Å². The lowest BCUT2D eigenvalue weighted by molar-refractivity contribution is 0.0248. The van der Waals surface area contributed by atoms with Gasteiger partial charge in [-0.15, -0.1) is 0 Å². The van der Waals surface area contributed by atoms with Gasteiger partial charge in [0.1, 0.15) is 35.7 Å². The topological polar surface area (TPSA) is 135 Å². The molecule has 0 aliphatic heterocycles. The Kier molecular flexibility index (Phi) is 7.93. The maximum Gasteiger partial charge on any atom is 0.335 e. The second-order valence-corrected chi connectivity index (χ2v) is 10.5. The molecule has 2 aromatic heterocycles. The first-order valence-electron chi connectivity index (χ1n) is 10.7. The van der Waals surface area contributed by atoms with Crippen LogP contribution in [0.3, 0.4) is 0 Å². The first-order valence-corrected chi connectivity index (χ1v) is 12.9. The van der Waals surface area contributed by atoms with Gasteiger partial charge in [0.05, 0.1) is 11.6 Å². The molecule has 0 spiro atoms. The lowest BCUT2D eigenvalue weighted by Gasteiger charge is -2.17. The van der Waals surface area contributed by atoms with Crippen molar-refractivity contribution in [3.63, 3.8) is 0 Å². The van der Waals surface area contributed by atoms with Crippen LogP contribution in [0.4, 0.5) is 10.2 Å². The van der Waals surface area contributed by atoms with Crippen LogP contribution in [-0.2, 0) is 21.0 Å². The third-order valence-corrected chi connectivity index (χ3v) is 7.27. The first-order chi connectivity index (χ1) is 17.1. The van der Waals surface area contributed by atoms with E-state index in [1.807, 2.05) is 16.9 Å². The highest BCUT2D eigenvalue weighted by atomic mass is 35.5. The van der Waals surface area contributed by atoms with E-state index < -0.39 is 40.5 Å². The zero-order valence-corrected chi connectivity index (χ0v) is 21.1. The molecule has 4 atom stereocenters. The summed E-state index contributed by atoms with van der Waals surface area (Å²) in [5.41, 5.74) is 1.18. The van der Waals surface area contributed by atoms with Crippen molar-refractivity contribution < 1.29 is 26.9 Å². The van der Waals surface area contributed by atoms with Crippen LogP contribution in [0.25, 0.3) is 0 Å². The maximum atomic E-state index is 14.8. The van der Waals surface area contributed by atoms with Gasteiger partial charge in [-0.25, -0.2) is 14.4 Å². The fraction of sp³-hybridized carbons (Fsp3) is 0.318. The molecule has 0 saturated heterocycles. The maximum absolute atomic E-state index is 14.8. The molecular weight excluding hydrogens is 536 g/mol. The van der Waals surface area contributed by atoms with Gasteiger partial charge < -0.3 is 15.0 Å². The number of carbonyl (C=O) groups is 1. The number of alkyl halides is 1. The predicted molar refractivity (Wildman–Crippen MR) is 131 cm³/mol. The fourth-order valence-electron chi connectivity index (χ4n) is 3.91. The summed E-state index contributed by atoms with van der Waals surface area (Å²) < 4.78 is 46.5. The highest BCUT2D eigenvalue weighted by molar-refractivity contribution is 7.84. The van der Waals surface area contributed by atoms with Crippen LogP contribution in [0.15, 0.2) is 49.1 Å². The van der Waals surface area contributed by atoms with Crippen molar-refractivity contribution >= 4 is 45.1 Å². The van der Waals surface area contributed by atoms with E-state index in [1.165, 1.54) is 18.6 Å². The molecule has 0 unspecified atom stereocenters. The molecule has 1 fully saturated rings. The Hall–Kier alpha value is -2.61. The summed E-state index contributed by atoms with van der Waals surface area (Å²) >= 11 is 12.4. The van der Waals surface area contributed by atoms with Gasteiger partial charge >= 0.3 is 10.3 Å². The smallest absolute Gasteiger partial charge is 0.335 e. The van der Waals surface area contributed by atoms with Crippen LogP contribution >= 0.6 is 23.2 Å². The molecule has 4 rings (SSSR count). The van der Waals surface area contributed by atoms with Crippen molar-refractivity contribution in [2.24, 2.45) is 0 Å². The summed E-state index contributed by atoms with van der Waals surface area (Å²) in [5, 5.41) is 13.8. The van der Waals surface area contributed by atoms with Gasteiger partial charge in [0.2, 0.25) is 0 Å². The van der Waals surface area contributed by atoms with Crippen molar-refractivity contribution in [3.05, 3.63) is 75.9 Å². The number of halogens is 3. The molecule has 10 nitrogen and oxygen atoms in total. The number of aliphatic hydroxyl groups excluding tert-OH is 1. The summed E-state index contributed by atoms with van der Waals surface area (Å²) in [5.74, 6) is -0.449. The number of nitrogens with zero attached hydrogens (tertiary/aromatic N) is 3. The average Bonchev–Trinajstić information content (AvgIpc) is 3.33. The summed E-state index contributed by atoms with van der Waals surface area (Å²) in [7, 11) is -3.01. The zero-order chi connectivity index (χ0) is 26.0. The Labute approximate surface area is 216 Å². The molecule has 36 heavy (non-hydrogen) atoms. The molecule has 3 aromatic rings. The number of rotatable bonds is 9. The summed E-state index contributed by atoms with van der Waals surface area (Å²) in [6, 6.07) is 7.64. The zero-order valence-electron chi connectivity index (χ0n) is 18.8. The van der Waals surface area contributed by atoms with Crippen LogP contribution in [0.2, 0.25) is 10.2 Å². The van der Waals surface area contributed by atoms with Gasteiger partial charge in [0.15, 0.2) is 5.78 Å². The van der Waals surface area contributed by atoms with Gasteiger partial charge in [-0.1, -0.05) is 35.3 Å². The van der Waals surface area contributed by atoms with E-state index in [0.717, 1.165) is 12.6 Å².